The van der Waals surface area contributed by atoms with Crippen molar-refractivity contribution in [2.75, 3.05) is 38.6 Å². The number of alkyl halides is 2. The highest BCUT2D eigenvalue weighted by Crippen LogP contribution is 2.29. The van der Waals surface area contributed by atoms with Crippen molar-refractivity contribution in [1.29, 1.82) is 0 Å². The molecule has 1 fully saturated rings. The van der Waals surface area contributed by atoms with Crippen molar-refractivity contribution in [1.82, 2.24) is 24.6 Å². The molecular formula is C22H23ClF2N6O4. The fourth-order valence-electron chi connectivity index (χ4n) is 3.83. The number of halogens is 3. The molecule has 1 aliphatic heterocycles. The van der Waals surface area contributed by atoms with Crippen LogP contribution in [0.15, 0.2) is 36.5 Å². The van der Waals surface area contributed by atoms with Gasteiger partial charge in [0.15, 0.2) is 0 Å². The molecule has 0 unspecified atom stereocenters. The number of nitrogens with zero attached hydrogens (tertiary/aromatic N) is 5. The van der Waals surface area contributed by atoms with E-state index in [1.807, 2.05) is 6.07 Å². The SMILES string of the molecule is Nc1nc(Cl)cc(-c2nn(C(F)F)cc2Cc2ccccc2OCCN2CCOC[C@H]2C(=O)O)n1. The van der Waals surface area contributed by atoms with Crippen molar-refractivity contribution < 1.29 is 28.2 Å². The first-order valence-corrected chi connectivity index (χ1v) is 11.1. The lowest BCUT2D eigenvalue weighted by atomic mass is 10.0. The van der Waals surface area contributed by atoms with Gasteiger partial charge in [-0.3, -0.25) is 9.69 Å². The minimum Gasteiger partial charge on any atom is -0.492 e. The maximum Gasteiger partial charge on any atom is 0.333 e. The number of morpholine rings is 1. The molecular weight excluding hydrogens is 486 g/mol. The number of ether oxygens (including phenoxy) is 2. The number of para-hydroxylation sites is 1. The van der Waals surface area contributed by atoms with Crippen LogP contribution in [-0.2, 0) is 16.0 Å². The van der Waals surface area contributed by atoms with Crippen LogP contribution >= 0.6 is 11.6 Å². The van der Waals surface area contributed by atoms with E-state index in [1.54, 1.807) is 23.1 Å². The van der Waals surface area contributed by atoms with Gasteiger partial charge in [-0.15, -0.1) is 0 Å². The summed E-state index contributed by atoms with van der Waals surface area (Å²) in [5.41, 5.74) is 7.30. The van der Waals surface area contributed by atoms with Crippen LogP contribution in [0.5, 0.6) is 5.75 Å². The fraction of sp³-hybridized carbons (Fsp3) is 0.364. The van der Waals surface area contributed by atoms with Crippen LogP contribution in [-0.4, -0.2) is 74.7 Å². The van der Waals surface area contributed by atoms with Crippen molar-refractivity contribution >= 4 is 23.5 Å². The van der Waals surface area contributed by atoms with E-state index in [9.17, 15) is 18.7 Å². The van der Waals surface area contributed by atoms with Crippen molar-refractivity contribution in [2.45, 2.75) is 19.0 Å². The van der Waals surface area contributed by atoms with Crippen LogP contribution in [0, 0.1) is 0 Å². The van der Waals surface area contributed by atoms with Crippen molar-refractivity contribution in [3.63, 3.8) is 0 Å². The lowest BCUT2D eigenvalue weighted by Crippen LogP contribution is -2.51. The summed E-state index contributed by atoms with van der Waals surface area (Å²) in [7, 11) is 0. The Hall–Kier alpha value is -3.35. The Morgan fingerprint density at radius 2 is 2.11 bits per heavy atom. The Bertz CT molecular complexity index is 1170. The number of nitrogens with two attached hydrogens (primary N) is 1. The monoisotopic (exact) mass is 508 g/mol. The molecule has 13 heteroatoms. The summed E-state index contributed by atoms with van der Waals surface area (Å²) in [4.78, 5) is 21.1. The van der Waals surface area contributed by atoms with Gasteiger partial charge in [0.1, 0.15) is 29.2 Å². The van der Waals surface area contributed by atoms with Crippen LogP contribution in [0.25, 0.3) is 11.4 Å². The van der Waals surface area contributed by atoms with Crippen molar-refractivity contribution in [2.24, 2.45) is 0 Å². The molecule has 1 atom stereocenters. The third kappa shape index (κ3) is 6.02. The highest BCUT2D eigenvalue weighted by Gasteiger charge is 2.29. The number of carbonyl (C=O) groups is 1. The van der Waals surface area contributed by atoms with Crippen molar-refractivity contribution in [3.05, 3.63) is 52.8 Å². The van der Waals surface area contributed by atoms with E-state index in [2.05, 4.69) is 15.1 Å². The fourth-order valence-corrected chi connectivity index (χ4v) is 4.02. The van der Waals surface area contributed by atoms with E-state index in [-0.39, 0.29) is 42.1 Å². The second-order valence-corrected chi connectivity index (χ2v) is 8.18. The Morgan fingerprint density at radius 1 is 1.31 bits per heavy atom. The predicted molar refractivity (Wildman–Crippen MR) is 122 cm³/mol. The van der Waals surface area contributed by atoms with Gasteiger partial charge in [-0.05, 0) is 11.6 Å². The number of benzene rings is 1. The molecule has 1 saturated heterocycles. The molecule has 2 aromatic heterocycles. The molecule has 3 aromatic rings. The van der Waals surface area contributed by atoms with E-state index >= 15 is 0 Å². The number of aliphatic carboxylic acids is 1. The minimum absolute atomic E-state index is 0.0663. The molecule has 3 N–H and O–H groups in total. The van der Waals surface area contributed by atoms with Gasteiger partial charge in [-0.2, -0.15) is 13.9 Å². The van der Waals surface area contributed by atoms with Gasteiger partial charge in [-0.25, -0.2) is 14.6 Å². The first kappa shape index (κ1) is 24.8. The van der Waals surface area contributed by atoms with E-state index in [0.717, 1.165) is 5.56 Å². The Kier molecular flexibility index (Phi) is 7.73. The summed E-state index contributed by atoms with van der Waals surface area (Å²) in [6, 6.07) is 7.86. The van der Waals surface area contributed by atoms with Crippen molar-refractivity contribution in [3.8, 4) is 17.1 Å². The number of hydrogen-bond acceptors (Lipinski definition) is 8. The van der Waals surface area contributed by atoms with E-state index in [4.69, 9.17) is 26.8 Å². The molecule has 0 amide bonds. The molecule has 0 saturated carbocycles. The molecule has 10 nitrogen and oxygen atoms in total. The summed E-state index contributed by atoms with van der Waals surface area (Å²) in [6.45, 7) is -1.15. The first-order valence-electron chi connectivity index (χ1n) is 10.7. The summed E-state index contributed by atoms with van der Waals surface area (Å²) >= 11 is 5.98. The molecule has 35 heavy (non-hydrogen) atoms. The topological polar surface area (TPSA) is 129 Å². The third-order valence-electron chi connectivity index (χ3n) is 5.48. The lowest BCUT2D eigenvalue weighted by Gasteiger charge is -2.32. The van der Waals surface area contributed by atoms with E-state index in [1.165, 1.54) is 12.3 Å². The van der Waals surface area contributed by atoms with E-state index < -0.39 is 18.6 Å². The molecule has 0 aliphatic carbocycles. The van der Waals surface area contributed by atoms with Crippen LogP contribution in [0.4, 0.5) is 14.7 Å². The second kappa shape index (κ2) is 10.9. The molecule has 186 valence electrons. The van der Waals surface area contributed by atoms with Crippen LogP contribution in [0.3, 0.4) is 0 Å². The summed E-state index contributed by atoms with van der Waals surface area (Å²) < 4.78 is 38.6. The summed E-state index contributed by atoms with van der Waals surface area (Å²) in [5, 5.41) is 13.4. The van der Waals surface area contributed by atoms with Gasteiger partial charge >= 0.3 is 12.5 Å². The first-order chi connectivity index (χ1) is 16.8. The number of hydrogen-bond donors (Lipinski definition) is 2. The molecule has 3 heterocycles. The van der Waals surface area contributed by atoms with Gasteiger partial charge in [0.2, 0.25) is 5.95 Å². The number of aromatic nitrogens is 4. The molecule has 4 rings (SSSR count). The molecule has 0 bridgehead atoms. The van der Waals surface area contributed by atoms with Crippen LogP contribution in [0.2, 0.25) is 5.15 Å². The quantitative estimate of drug-likeness (QED) is 0.419. The van der Waals surface area contributed by atoms with Gasteiger partial charge < -0.3 is 20.3 Å². The van der Waals surface area contributed by atoms with Gasteiger partial charge in [0.05, 0.1) is 18.9 Å². The zero-order valence-corrected chi connectivity index (χ0v) is 19.2. The van der Waals surface area contributed by atoms with Gasteiger partial charge in [-0.1, -0.05) is 29.8 Å². The number of rotatable bonds is 9. The zero-order chi connectivity index (χ0) is 24.9. The zero-order valence-electron chi connectivity index (χ0n) is 18.5. The maximum atomic E-state index is 13.4. The highest BCUT2D eigenvalue weighted by atomic mass is 35.5. The summed E-state index contributed by atoms with van der Waals surface area (Å²) in [6.07, 6.45) is 1.46. The largest absolute Gasteiger partial charge is 0.492 e. The Balaban J connectivity index is 1.54. The maximum absolute atomic E-state index is 13.4. The van der Waals surface area contributed by atoms with Gasteiger partial charge in [0, 0.05) is 37.3 Å². The number of nitrogen functional groups attached to an aromatic ring is 1. The molecule has 0 radical (unpaired) electrons. The van der Waals surface area contributed by atoms with Crippen LogP contribution < -0.4 is 10.5 Å². The molecule has 1 aromatic carbocycles. The lowest BCUT2D eigenvalue weighted by molar-refractivity contribution is -0.149. The van der Waals surface area contributed by atoms with Crippen LogP contribution in [0.1, 0.15) is 17.7 Å². The Labute approximate surface area is 204 Å². The standard InChI is InChI=1S/C22H23ClF2N6O4/c23-18-10-15(27-22(26)28-18)19-14(11-31(29-19)21(24)25)9-13-3-1-2-4-17(13)35-8-6-30-5-7-34-12-16(30)20(32)33/h1-4,10-11,16,21H,5-9,12H2,(H,32,33)(H2,26,27,28)/t16-/m0/s1. The molecule has 1 aliphatic rings. The number of anilines is 1. The number of carboxylic acids is 1. The molecule has 0 spiro atoms. The van der Waals surface area contributed by atoms with Gasteiger partial charge in [0.25, 0.3) is 0 Å². The second-order valence-electron chi connectivity index (χ2n) is 7.79. The predicted octanol–water partition coefficient (Wildman–Crippen LogP) is 2.73. The average molecular weight is 509 g/mol. The smallest absolute Gasteiger partial charge is 0.333 e. The normalized spacial score (nSPS) is 16.5. The number of carboxylic acid groups (broad SMARTS) is 1. The van der Waals surface area contributed by atoms with E-state index in [0.29, 0.717) is 35.7 Å². The minimum atomic E-state index is -2.85. The highest BCUT2D eigenvalue weighted by molar-refractivity contribution is 6.29. The third-order valence-corrected chi connectivity index (χ3v) is 5.67. The average Bonchev–Trinajstić information content (AvgIpc) is 3.24. The summed E-state index contributed by atoms with van der Waals surface area (Å²) in [5.74, 6) is -0.501. The Morgan fingerprint density at radius 3 is 2.86 bits per heavy atom.